The molecule has 18 heavy (non-hydrogen) atoms. The first-order valence-corrected chi connectivity index (χ1v) is 7.05. The molecule has 2 nitrogen and oxygen atoms in total. The van der Waals surface area contributed by atoms with Crippen molar-refractivity contribution < 1.29 is 4.39 Å². The number of nitrogens with two attached hydrogens (primary N) is 1. The van der Waals surface area contributed by atoms with Crippen molar-refractivity contribution in [3.05, 3.63) is 39.6 Å². The number of halogens is 2. The van der Waals surface area contributed by atoms with Crippen molar-refractivity contribution in [1.29, 1.82) is 0 Å². The van der Waals surface area contributed by atoms with Gasteiger partial charge in [0.15, 0.2) is 0 Å². The molecule has 2 N–H and O–H groups in total. The molecule has 1 aliphatic rings. The molecule has 1 heterocycles. The summed E-state index contributed by atoms with van der Waals surface area (Å²) in [5.74, 6) is -0.411. The van der Waals surface area contributed by atoms with Crippen LogP contribution in [0, 0.1) is 5.82 Å². The Morgan fingerprint density at radius 2 is 2.28 bits per heavy atom. The van der Waals surface area contributed by atoms with Gasteiger partial charge in [-0.2, -0.15) is 0 Å². The molecule has 0 amide bonds. The highest BCUT2D eigenvalue weighted by atomic mass is 35.5. The summed E-state index contributed by atoms with van der Waals surface area (Å²) in [6, 6.07) is 4.86. The number of benzene rings is 1. The largest absolute Gasteiger partial charge is 0.323 e. The van der Waals surface area contributed by atoms with Crippen LogP contribution in [0.1, 0.15) is 29.5 Å². The number of rotatable bonds is 1. The fraction of sp³-hybridized carbons (Fsp3) is 0.308. The third kappa shape index (κ3) is 2.05. The van der Waals surface area contributed by atoms with E-state index in [0.717, 1.165) is 40.4 Å². The van der Waals surface area contributed by atoms with E-state index in [2.05, 4.69) is 4.98 Å². The van der Waals surface area contributed by atoms with E-state index in [0.29, 0.717) is 0 Å². The molecule has 1 unspecified atom stereocenters. The van der Waals surface area contributed by atoms with E-state index >= 15 is 0 Å². The van der Waals surface area contributed by atoms with Gasteiger partial charge in [-0.25, -0.2) is 9.37 Å². The van der Waals surface area contributed by atoms with E-state index < -0.39 is 5.82 Å². The van der Waals surface area contributed by atoms with Gasteiger partial charge in [-0.15, -0.1) is 11.3 Å². The first-order valence-electron chi connectivity index (χ1n) is 5.86. The molecule has 0 saturated carbocycles. The van der Waals surface area contributed by atoms with E-state index in [-0.39, 0.29) is 11.1 Å². The fourth-order valence-corrected chi connectivity index (χ4v) is 3.47. The summed E-state index contributed by atoms with van der Waals surface area (Å²) in [5, 5.41) is 0.963. The molecule has 5 heteroatoms. The Balaban J connectivity index is 2.04. The van der Waals surface area contributed by atoms with Crippen LogP contribution in [0.5, 0.6) is 0 Å². The number of nitrogens with zero attached hydrogens (tertiary/aromatic N) is 1. The molecule has 2 aromatic rings. The summed E-state index contributed by atoms with van der Waals surface area (Å²) in [6.07, 6.45) is 3.05. The van der Waals surface area contributed by atoms with Crippen molar-refractivity contribution in [1.82, 2.24) is 4.98 Å². The molecule has 0 spiro atoms. The van der Waals surface area contributed by atoms with E-state index in [1.807, 2.05) is 0 Å². The number of aromatic nitrogens is 1. The van der Waals surface area contributed by atoms with Crippen LogP contribution in [0.25, 0.3) is 10.6 Å². The van der Waals surface area contributed by atoms with Crippen LogP contribution in [0.15, 0.2) is 18.2 Å². The molecular weight excluding hydrogens is 271 g/mol. The van der Waals surface area contributed by atoms with Crippen molar-refractivity contribution >= 4 is 22.9 Å². The highest BCUT2D eigenvalue weighted by Crippen LogP contribution is 2.37. The van der Waals surface area contributed by atoms with Crippen LogP contribution in [-0.4, -0.2) is 4.98 Å². The van der Waals surface area contributed by atoms with Gasteiger partial charge in [0.2, 0.25) is 0 Å². The Bertz CT molecular complexity index is 597. The standard InChI is InChI=1S/C13H12ClFN2S/c14-8-5-4-7(6-9(8)15)13-17-11-3-1-2-10(16)12(11)18-13/h4-6,10H,1-3,16H2. The number of hydrogen-bond acceptors (Lipinski definition) is 3. The second-order valence-corrected chi connectivity index (χ2v) is 5.90. The minimum absolute atomic E-state index is 0.0807. The van der Waals surface area contributed by atoms with Crippen LogP contribution in [0.3, 0.4) is 0 Å². The van der Waals surface area contributed by atoms with Gasteiger partial charge in [0.25, 0.3) is 0 Å². The van der Waals surface area contributed by atoms with Gasteiger partial charge in [-0.1, -0.05) is 17.7 Å². The van der Waals surface area contributed by atoms with Gasteiger partial charge in [-0.05, 0) is 31.4 Å². The normalized spacial score (nSPS) is 18.7. The predicted octanol–water partition coefficient (Wildman–Crippen LogP) is 3.94. The van der Waals surface area contributed by atoms with Gasteiger partial charge < -0.3 is 5.73 Å². The zero-order valence-electron chi connectivity index (χ0n) is 9.62. The SMILES string of the molecule is NC1CCCc2nc(-c3ccc(Cl)c(F)c3)sc21. The lowest BCUT2D eigenvalue weighted by Crippen LogP contribution is -2.15. The molecule has 0 aliphatic heterocycles. The van der Waals surface area contributed by atoms with Crippen molar-refractivity contribution in [3.63, 3.8) is 0 Å². The summed E-state index contributed by atoms with van der Waals surface area (Å²) in [4.78, 5) is 5.72. The van der Waals surface area contributed by atoms with E-state index in [1.165, 1.54) is 6.07 Å². The van der Waals surface area contributed by atoms with Gasteiger partial charge in [0.05, 0.1) is 10.7 Å². The number of fused-ring (bicyclic) bond motifs is 1. The minimum atomic E-state index is -0.411. The molecule has 0 fully saturated rings. The van der Waals surface area contributed by atoms with E-state index in [4.69, 9.17) is 17.3 Å². The lowest BCUT2D eigenvalue weighted by molar-refractivity contribution is 0.573. The molecule has 1 aliphatic carbocycles. The van der Waals surface area contributed by atoms with E-state index in [9.17, 15) is 4.39 Å². The van der Waals surface area contributed by atoms with Crippen molar-refractivity contribution in [2.45, 2.75) is 25.3 Å². The molecule has 1 aromatic heterocycles. The summed E-state index contributed by atoms with van der Waals surface area (Å²) in [5.41, 5.74) is 7.91. The van der Waals surface area contributed by atoms with Crippen LogP contribution < -0.4 is 5.73 Å². The lowest BCUT2D eigenvalue weighted by Gasteiger charge is -2.15. The van der Waals surface area contributed by atoms with Gasteiger partial charge in [-0.3, -0.25) is 0 Å². The van der Waals surface area contributed by atoms with Crippen molar-refractivity contribution in [2.24, 2.45) is 5.73 Å². The number of thiazole rings is 1. The zero-order chi connectivity index (χ0) is 12.7. The molecular formula is C13H12ClFN2S. The summed E-state index contributed by atoms with van der Waals surface area (Å²) in [7, 11) is 0. The summed E-state index contributed by atoms with van der Waals surface area (Å²) in [6.45, 7) is 0. The van der Waals surface area contributed by atoms with Crippen LogP contribution in [-0.2, 0) is 6.42 Å². The maximum atomic E-state index is 13.4. The quantitative estimate of drug-likeness (QED) is 0.860. The van der Waals surface area contributed by atoms with Crippen molar-refractivity contribution in [2.75, 3.05) is 0 Å². The first-order chi connectivity index (χ1) is 8.65. The maximum Gasteiger partial charge on any atom is 0.142 e. The predicted molar refractivity (Wildman–Crippen MR) is 72.4 cm³/mol. The summed E-state index contributed by atoms with van der Waals surface area (Å²) < 4.78 is 13.4. The van der Waals surface area contributed by atoms with Crippen molar-refractivity contribution in [3.8, 4) is 10.6 Å². The Morgan fingerprint density at radius 3 is 3.00 bits per heavy atom. The maximum absolute atomic E-state index is 13.4. The molecule has 1 aromatic carbocycles. The average Bonchev–Trinajstić information content (AvgIpc) is 2.78. The number of aryl methyl sites for hydroxylation is 1. The highest BCUT2D eigenvalue weighted by Gasteiger charge is 2.22. The number of hydrogen-bond donors (Lipinski definition) is 1. The smallest absolute Gasteiger partial charge is 0.142 e. The lowest BCUT2D eigenvalue weighted by atomic mass is 9.99. The Morgan fingerprint density at radius 1 is 1.44 bits per heavy atom. The van der Waals surface area contributed by atoms with Crippen LogP contribution >= 0.6 is 22.9 Å². The van der Waals surface area contributed by atoms with Crippen LogP contribution in [0.2, 0.25) is 5.02 Å². The fourth-order valence-electron chi connectivity index (χ4n) is 2.21. The Hall–Kier alpha value is -0.970. The topological polar surface area (TPSA) is 38.9 Å². The molecule has 94 valence electrons. The average molecular weight is 283 g/mol. The zero-order valence-corrected chi connectivity index (χ0v) is 11.2. The molecule has 0 saturated heterocycles. The second kappa shape index (κ2) is 4.61. The molecule has 3 rings (SSSR count). The monoisotopic (exact) mass is 282 g/mol. The highest BCUT2D eigenvalue weighted by molar-refractivity contribution is 7.15. The molecule has 0 radical (unpaired) electrons. The Labute approximate surface area is 114 Å². The summed E-state index contributed by atoms with van der Waals surface area (Å²) >= 11 is 7.25. The molecule has 0 bridgehead atoms. The third-order valence-corrected chi connectivity index (χ3v) is 4.74. The van der Waals surface area contributed by atoms with Gasteiger partial charge in [0.1, 0.15) is 10.8 Å². The first kappa shape index (κ1) is 12.1. The van der Waals surface area contributed by atoms with Crippen LogP contribution in [0.4, 0.5) is 4.39 Å². The Kier molecular flexibility index (Phi) is 3.09. The van der Waals surface area contributed by atoms with E-state index in [1.54, 1.807) is 23.5 Å². The van der Waals surface area contributed by atoms with Gasteiger partial charge in [0, 0.05) is 16.5 Å². The second-order valence-electron chi connectivity index (χ2n) is 4.46. The van der Waals surface area contributed by atoms with Gasteiger partial charge >= 0.3 is 0 Å². The third-order valence-electron chi connectivity index (χ3n) is 3.16. The minimum Gasteiger partial charge on any atom is -0.323 e. The molecule has 1 atom stereocenters.